The fraction of sp³-hybridized carbons (Fsp3) is 1.00. The maximum atomic E-state index is 5.80. The maximum absolute atomic E-state index is 5.80. The molecular weight excluding hydrogens is 1830 g/mol. The molecule has 9 fully saturated rings. The van der Waals surface area contributed by atoms with Gasteiger partial charge in [-0.1, -0.05) is 207 Å². The molecule has 6 unspecified atom stereocenters. The molecule has 6 atom stereocenters. The molecule has 2 N–H and O–H groups in total. The summed E-state index contributed by atoms with van der Waals surface area (Å²) in [6.45, 7) is 157. The van der Waals surface area contributed by atoms with Crippen molar-refractivity contribution in [2.45, 2.75) is 455 Å². The van der Waals surface area contributed by atoms with Gasteiger partial charge < -0.3 is 58.5 Å². The number of likely N-dealkylation sites (tertiary alicyclic amines) is 1. The number of nitrogens with zero attached hydrogens (tertiary/aromatic N) is 11. The molecule has 0 aromatic heterocycles. The van der Waals surface area contributed by atoms with Gasteiger partial charge in [-0.05, 0) is 333 Å². The quantitative estimate of drug-likeness (QED) is 0.0593. The lowest BCUT2D eigenvalue weighted by molar-refractivity contribution is -0.0280. The van der Waals surface area contributed by atoms with Crippen LogP contribution in [0.5, 0.6) is 0 Å². The van der Waals surface area contributed by atoms with Gasteiger partial charge in [0.25, 0.3) is 0 Å². The standard InChI is InChI=1S/C17H37N3O.C17H36N2O2.C16H35N3O.C16H34N2O2.C14H29N.C13H26O.C13H26.C11H24N2.C11H22/c1-16(2,3)15-18-7-8-19-9-11-20(12-10-19)13-14-21-17(4,5)6;1-16(2,3)15-20-13-11-18-7-9-19(10-8-18)12-14-21-17(4,5)6;1-15(2,3)17-7-8-18-9-11-19(12-10-18)13-14-20-16(4,5)6;1-15(2,3)19-13-11-17-7-9-18(10-8-17)12-14-20-16(4,5)6;1-13(2,3)11-15-9-7-12(8-10-15)14(4,5)6;1-12(2,3)8-10-7-11(10)9-14-13(4,5)6;1-12(2,3)8-10-7-11(10)9-13(4,5)6;1-11(2,3)10-13-7-5-6-12(4)8-9-13;1-9-5-6-10(7-9)8-11(2,3)4/h18H,7-15H2,1-6H3;7-15H2,1-6H3;17H,7-14H2,1-6H3;7-14H2,1-6H3;12H,7-11H2,1-6H3;10-11H,7-9H2,1-6H3;10-11H,7-9H2,1-6H3;5-10H2,1-4H3;9-10H,5-8H2,1-4H3. The zero-order chi connectivity index (χ0) is 114. The smallest absolute Gasteiger partial charge is 0.0600 e. The maximum Gasteiger partial charge on any atom is 0.0600 e. The van der Waals surface area contributed by atoms with Gasteiger partial charge in [-0.15, -0.1) is 0 Å². The largest absolute Gasteiger partial charge is 0.380 e. The van der Waals surface area contributed by atoms with Gasteiger partial charge in [-0.25, -0.2) is 0 Å². The van der Waals surface area contributed by atoms with Crippen LogP contribution in [0.25, 0.3) is 0 Å². The van der Waals surface area contributed by atoms with Crippen LogP contribution in [-0.4, -0.2) is 382 Å². The van der Waals surface area contributed by atoms with Crippen molar-refractivity contribution < 1.29 is 33.2 Å². The van der Waals surface area contributed by atoms with Crippen molar-refractivity contribution in [3.63, 3.8) is 0 Å². The fourth-order valence-corrected chi connectivity index (χ4v) is 20.4. The van der Waals surface area contributed by atoms with Crippen LogP contribution in [0.3, 0.4) is 0 Å². The van der Waals surface area contributed by atoms with Gasteiger partial charge in [-0.3, -0.25) is 39.2 Å². The van der Waals surface area contributed by atoms with Crippen LogP contribution in [0.15, 0.2) is 0 Å². The number of hydrogen-bond acceptors (Lipinski definition) is 20. The van der Waals surface area contributed by atoms with Crippen molar-refractivity contribution in [1.29, 1.82) is 0 Å². The Labute approximate surface area is 926 Å². The second-order valence-electron chi connectivity index (χ2n) is 64.8. The highest BCUT2D eigenvalue weighted by Gasteiger charge is 2.43. The summed E-state index contributed by atoms with van der Waals surface area (Å²) in [6.07, 6.45) is 17.0. The number of rotatable bonds is 34. The summed E-state index contributed by atoms with van der Waals surface area (Å²) >= 11 is 0. The number of ether oxygens (including phenoxy) is 7. The minimum atomic E-state index is -0.0217. The second-order valence-corrected chi connectivity index (χ2v) is 64.8. The van der Waals surface area contributed by atoms with Crippen LogP contribution in [0.1, 0.15) is 416 Å². The third-order valence-electron chi connectivity index (χ3n) is 28.2. The van der Waals surface area contributed by atoms with E-state index in [1.165, 1.54) is 188 Å². The zero-order valence-electron chi connectivity index (χ0n) is 110. The van der Waals surface area contributed by atoms with Crippen LogP contribution in [0.2, 0.25) is 0 Å². The highest BCUT2D eigenvalue weighted by Crippen LogP contribution is 2.51. The van der Waals surface area contributed by atoms with Crippen LogP contribution < -0.4 is 10.6 Å². The summed E-state index contributed by atoms with van der Waals surface area (Å²) in [7, 11) is 2.22. The summed E-state index contributed by atoms with van der Waals surface area (Å²) in [5, 5.41) is 7.12. The van der Waals surface area contributed by atoms with Crippen molar-refractivity contribution in [1.82, 2.24) is 64.5 Å². The van der Waals surface area contributed by atoms with Crippen LogP contribution in [0.4, 0.5) is 0 Å². The molecule has 6 aliphatic heterocycles. The molecule has 888 valence electrons. The fourth-order valence-electron chi connectivity index (χ4n) is 20.4. The van der Waals surface area contributed by atoms with Crippen LogP contribution in [0, 0.1) is 90.2 Å². The molecule has 3 aliphatic carbocycles. The number of piperidine rings is 1. The third kappa shape index (κ3) is 92.0. The van der Waals surface area contributed by atoms with Crippen LogP contribution >= 0.6 is 0 Å². The van der Waals surface area contributed by atoms with E-state index in [9.17, 15) is 0 Å². The van der Waals surface area contributed by atoms with Gasteiger partial charge in [0, 0.05) is 208 Å². The molecule has 9 aliphatic rings. The number of likely N-dealkylation sites (N-methyl/N-ethyl adjacent to an activating group) is 1. The number of piperazine rings is 4. The van der Waals surface area contributed by atoms with E-state index in [0.717, 1.165) is 212 Å². The highest BCUT2D eigenvalue weighted by molar-refractivity contribution is 4.93. The first-order valence-corrected chi connectivity index (χ1v) is 60.9. The van der Waals surface area contributed by atoms with Crippen LogP contribution in [-0.2, 0) is 33.2 Å². The molecule has 0 aromatic rings. The van der Waals surface area contributed by atoms with Gasteiger partial charge in [-0.2, -0.15) is 0 Å². The Morgan fingerprint density at radius 3 is 0.818 bits per heavy atom. The molecule has 0 spiro atoms. The van der Waals surface area contributed by atoms with Gasteiger partial charge in [0.2, 0.25) is 0 Å². The predicted molar refractivity (Wildman–Crippen MR) is 648 cm³/mol. The Kier molecular flexibility index (Phi) is 66.5. The molecule has 9 rings (SSSR count). The van der Waals surface area contributed by atoms with E-state index in [2.05, 4.69) is 411 Å². The normalized spacial score (nSPS) is 22.6. The summed E-state index contributed by atoms with van der Waals surface area (Å²) < 4.78 is 40.5. The Morgan fingerprint density at radius 2 is 0.541 bits per heavy atom. The summed E-state index contributed by atoms with van der Waals surface area (Å²) in [4.78, 5) is 27.8. The minimum Gasteiger partial charge on any atom is -0.380 e. The van der Waals surface area contributed by atoms with E-state index in [-0.39, 0.29) is 44.6 Å². The topological polar surface area (TPSA) is 124 Å². The molecule has 20 nitrogen and oxygen atoms in total. The van der Waals surface area contributed by atoms with Crippen molar-refractivity contribution in [2.75, 3.05) is 289 Å². The van der Waals surface area contributed by atoms with Crippen molar-refractivity contribution in [3.05, 3.63) is 0 Å². The van der Waals surface area contributed by atoms with Gasteiger partial charge in [0.15, 0.2) is 0 Å². The first-order chi connectivity index (χ1) is 67.1. The first kappa shape index (κ1) is 145. The van der Waals surface area contributed by atoms with E-state index in [0.29, 0.717) is 43.3 Å². The zero-order valence-corrected chi connectivity index (χ0v) is 110. The Bertz CT molecular complexity index is 3030. The molecular formula is C128H269N13O7. The Balaban J connectivity index is 0.000000839. The average Bonchev–Trinajstić information content (AvgIpc) is 1.67. The predicted octanol–water partition coefficient (Wildman–Crippen LogP) is 26.3. The molecule has 0 amide bonds. The molecule has 0 radical (unpaired) electrons. The lowest BCUT2D eigenvalue weighted by Crippen LogP contribution is -2.50. The van der Waals surface area contributed by atoms with Gasteiger partial charge in [0.1, 0.15) is 0 Å². The molecule has 3 saturated carbocycles. The Morgan fingerprint density at radius 1 is 0.250 bits per heavy atom. The monoisotopic (exact) mass is 2100 g/mol. The van der Waals surface area contributed by atoms with E-state index >= 15 is 0 Å². The van der Waals surface area contributed by atoms with E-state index in [4.69, 9.17) is 33.2 Å². The van der Waals surface area contributed by atoms with Crippen molar-refractivity contribution in [3.8, 4) is 0 Å². The van der Waals surface area contributed by atoms with E-state index < -0.39 is 0 Å². The van der Waals surface area contributed by atoms with Crippen molar-refractivity contribution >= 4 is 0 Å². The second kappa shape index (κ2) is 67.8. The minimum absolute atomic E-state index is 0.0133. The molecule has 6 saturated heterocycles. The lowest BCUT2D eigenvalue weighted by Gasteiger charge is -2.40. The number of hydrogen-bond donors (Lipinski definition) is 2. The van der Waals surface area contributed by atoms with Gasteiger partial charge >= 0.3 is 0 Å². The Hall–Kier alpha value is -0.800. The lowest BCUT2D eigenvalue weighted by atomic mass is 9.75. The van der Waals surface area contributed by atoms with Gasteiger partial charge in [0.05, 0.1) is 86.5 Å². The average molecular weight is 2100 g/mol. The first-order valence-electron chi connectivity index (χ1n) is 60.9. The summed E-state index contributed by atoms with van der Waals surface area (Å²) in [5.41, 5.74) is 4.35. The summed E-state index contributed by atoms with van der Waals surface area (Å²) in [5.74, 6) is 6.81. The SMILES string of the molecule is CC(C)(C)CC1CC1CC(C)(C)C.CC(C)(C)CC1CC1COC(C)(C)C.CC(C)(C)CN1CCC(C(C)(C)C)CC1.CC(C)(C)CNCCN1CCN(CCOC(C)(C)C)CC1.CC(C)(C)COCCN1CCN(CCOC(C)(C)C)CC1.CC(C)(C)NCCN1CCN(CCOC(C)(C)C)CC1.CC(C)(C)OCCN1CCN(CCOC(C)(C)C)CC1.CC1CCC(CC(C)(C)C)C1.CN1CCCN(CC(C)(C)C)CC1. The molecule has 0 bridgehead atoms. The van der Waals surface area contributed by atoms with E-state index in [1.54, 1.807) is 0 Å². The number of nitrogens with one attached hydrogen (secondary N) is 2. The van der Waals surface area contributed by atoms with Crippen molar-refractivity contribution in [2.24, 2.45) is 90.2 Å². The molecule has 0 aromatic carbocycles. The molecule has 148 heavy (non-hydrogen) atoms. The molecule has 20 heteroatoms. The third-order valence-corrected chi connectivity index (χ3v) is 28.2. The summed E-state index contributed by atoms with van der Waals surface area (Å²) in [6, 6.07) is 0. The van der Waals surface area contributed by atoms with E-state index in [1.807, 2.05) is 0 Å². The highest BCUT2D eigenvalue weighted by atomic mass is 16.5. The molecule has 6 heterocycles.